The highest BCUT2D eigenvalue weighted by Gasteiger charge is 2.05. The van der Waals surface area contributed by atoms with E-state index in [0.29, 0.717) is 0 Å². The Balaban J connectivity index is 1.59. The van der Waals surface area contributed by atoms with Crippen LogP contribution in [0.15, 0.2) is 53.6 Å². The average molecular weight is 301 g/mol. The van der Waals surface area contributed by atoms with Gasteiger partial charge in [-0.3, -0.25) is 9.89 Å². The van der Waals surface area contributed by atoms with Gasteiger partial charge >= 0.3 is 0 Å². The summed E-state index contributed by atoms with van der Waals surface area (Å²) in [6.45, 7) is 0. The average Bonchev–Trinajstić information content (AvgIpc) is 2.94. The minimum atomic E-state index is -0.281. The maximum atomic E-state index is 12.8. The van der Waals surface area contributed by atoms with E-state index < -0.39 is 0 Å². The van der Waals surface area contributed by atoms with E-state index >= 15 is 0 Å². The second kappa shape index (κ2) is 5.97. The van der Waals surface area contributed by atoms with Crippen LogP contribution >= 0.6 is 11.8 Å². The monoisotopic (exact) mass is 301 g/mol. The number of rotatable bonds is 4. The molecule has 1 amide bonds. The Morgan fingerprint density at radius 2 is 2.05 bits per heavy atom. The Morgan fingerprint density at radius 3 is 2.86 bits per heavy atom. The number of nitrogens with zero attached hydrogens (tertiary/aromatic N) is 1. The molecule has 3 aromatic rings. The summed E-state index contributed by atoms with van der Waals surface area (Å²) in [6.07, 6.45) is 1.73. The molecular formula is C15H12FN3OS. The SMILES string of the molecule is O=C(CSc1ccc(F)cc1)Nc1ccc2cn[nH]c2c1. The lowest BCUT2D eigenvalue weighted by molar-refractivity contribution is -0.113. The topological polar surface area (TPSA) is 57.8 Å². The first kappa shape index (κ1) is 13.6. The van der Waals surface area contributed by atoms with E-state index in [1.165, 1.54) is 23.9 Å². The van der Waals surface area contributed by atoms with Gasteiger partial charge < -0.3 is 5.32 Å². The summed E-state index contributed by atoms with van der Waals surface area (Å²) in [5.74, 6) is -0.119. The van der Waals surface area contributed by atoms with E-state index in [2.05, 4.69) is 15.5 Å². The van der Waals surface area contributed by atoms with Gasteiger partial charge in [0, 0.05) is 16.0 Å². The molecule has 1 aromatic heterocycles. The van der Waals surface area contributed by atoms with E-state index in [1.807, 2.05) is 18.2 Å². The Hall–Kier alpha value is -2.34. The third-order valence-electron chi connectivity index (χ3n) is 2.91. The van der Waals surface area contributed by atoms with Gasteiger partial charge in [-0.1, -0.05) is 0 Å². The highest BCUT2D eigenvalue weighted by Crippen LogP contribution is 2.20. The van der Waals surface area contributed by atoms with E-state index in [1.54, 1.807) is 18.3 Å². The van der Waals surface area contributed by atoms with Gasteiger partial charge in [0.05, 0.1) is 17.5 Å². The van der Waals surface area contributed by atoms with Crippen LogP contribution in [0.3, 0.4) is 0 Å². The number of aromatic nitrogens is 2. The van der Waals surface area contributed by atoms with E-state index in [9.17, 15) is 9.18 Å². The Morgan fingerprint density at radius 1 is 1.24 bits per heavy atom. The fourth-order valence-corrected chi connectivity index (χ4v) is 2.59. The summed E-state index contributed by atoms with van der Waals surface area (Å²) < 4.78 is 12.8. The van der Waals surface area contributed by atoms with Crippen molar-refractivity contribution < 1.29 is 9.18 Å². The molecule has 2 aromatic carbocycles. The lowest BCUT2D eigenvalue weighted by Gasteiger charge is -2.05. The van der Waals surface area contributed by atoms with Crippen molar-refractivity contribution in [2.45, 2.75) is 4.90 Å². The molecule has 6 heteroatoms. The maximum Gasteiger partial charge on any atom is 0.234 e. The number of nitrogens with one attached hydrogen (secondary N) is 2. The van der Waals surface area contributed by atoms with Gasteiger partial charge in [0.15, 0.2) is 0 Å². The second-order valence-electron chi connectivity index (χ2n) is 4.46. The van der Waals surface area contributed by atoms with Crippen molar-refractivity contribution in [3.8, 4) is 0 Å². The Kier molecular flexibility index (Phi) is 3.87. The summed E-state index contributed by atoms with van der Waals surface area (Å²) >= 11 is 1.36. The molecular weight excluding hydrogens is 289 g/mol. The molecule has 0 saturated heterocycles. The maximum absolute atomic E-state index is 12.8. The van der Waals surface area contributed by atoms with Crippen LogP contribution in [0.4, 0.5) is 10.1 Å². The fraction of sp³-hybridized carbons (Fsp3) is 0.0667. The number of amides is 1. The van der Waals surface area contributed by atoms with Crippen LogP contribution in [0.5, 0.6) is 0 Å². The third-order valence-corrected chi connectivity index (χ3v) is 3.92. The zero-order valence-corrected chi connectivity index (χ0v) is 11.8. The highest BCUT2D eigenvalue weighted by atomic mass is 32.2. The van der Waals surface area contributed by atoms with Crippen molar-refractivity contribution in [2.75, 3.05) is 11.1 Å². The molecule has 0 saturated carbocycles. The van der Waals surface area contributed by atoms with Crippen LogP contribution < -0.4 is 5.32 Å². The van der Waals surface area contributed by atoms with E-state index in [-0.39, 0.29) is 17.5 Å². The molecule has 4 nitrogen and oxygen atoms in total. The third kappa shape index (κ3) is 3.41. The number of halogens is 1. The first-order chi connectivity index (χ1) is 10.2. The van der Waals surface area contributed by atoms with Gasteiger partial charge in [-0.25, -0.2) is 4.39 Å². The van der Waals surface area contributed by atoms with E-state index in [0.717, 1.165) is 21.5 Å². The number of H-pyrrole nitrogens is 1. The highest BCUT2D eigenvalue weighted by molar-refractivity contribution is 8.00. The summed E-state index contributed by atoms with van der Waals surface area (Å²) in [5, 5.41) is 10.6. The number of fused-ring (bicyclic) bond motifs is 1. The molecule has 0 aliphatic heterocycles. The number of aromatic amines is 1. The molecule has 0 spiro atoms. The van der Waals surface area contributed by atoms with Gasteiger partial charge in [0.1, 0.15) is 5.82 Å². The smallest absolute Gasteiger partial charge is 0.234 e. The molecule has 1 heterocycles. The predicted octanol–water partition coefficient (Wildman–Crippen LogP) is 3.43. The number of hydrogen-bond acceptors (Lipinski definition) is 3. The van der Waals surface area contributed by atoms with Crippen molar-refractivity contribution in [1.29, 1.82) is 0 Å². The van der Waals surface area contributed by atoms with Crippen molar-refractivity contribution in [3.63, 3.8) is 0 Å². The zero-order chi connectivity index (χ0) is 14.7. The minimum absolute atomic E-state index is 0.108. The van der Waals surface area contributed by atoms with Gasteiger partial charge in [0.2, 0.25) is 5.91 Å². The fourth-order valence-electron chi connectivity index (χ4n) is 1.89. The van der Waals surface area contributed by atoms with Gasteiger partial charge in [-0.2, -0.15) is 5.10 Å². The second-order valence-corrected chi connectivity index (χ2v) is 5.51. The molecule has 0 fully saturated rings. The molecule has 0 unspecified atom stereocenters. The van der Waals surface area contributed by atoms with Crippen molar-refractivity contribution in [3.05, 3.63) is 54.5 Å². The minimum Gasteiger partial charge on any atom is -0.325 e. The van der Waals surface area contributed by atoms with Gasteiger partial charge in [-0.05, 0) is 42.5 Å². The molecule has 0 aliphatic rings. The number of benzene rings is 2. The summed E-state index contributed by atoms with van der Waals surface area (Å²) in [5.41, 5.74) is 1.59. The predicted molar refractivity (Wildman–Crippen MR) is 81.8 cm³/mol. The van der Waals surface area contributed by atoms with Crippen molar-refractivity contribution in [1.82, 2.24) is 10.2 Å². The van der Waals surface area contributed by atoms with Gasteiger partial charge in [-0.15, -0.1) is 11.8 Å². The number of anilines is 1. The normalized spacial score (nSPS) is 10.7. The first-order valence-electron chi connectivity index (χ1n) is 6.32. The quantitative estimate of drug-likeness (QED) is 0.726. The summed E-state index contributed by atoms with van der Waals surface area (Å²) in [6, 6.07) is 11.6. The largest absolute Gasteiger partial charge is 0.325 e. The number of thioether (sulfide) groups is 1. The summed E-state index contributed by atoms with van der Waals surface area (Å²) in [7, 11) is 0. The molecule has 2 N–H and O–H groups in total. The molecule has 21 heavy (non-hydrogen) atoms. The van der Waals surface area contributed by atoms with E-state index in [4.69, 9.17) is 0 Å². The first-order valence-corrected chi connectivity index (χ1v) is 7.30. The lowest BCUT2D eigenvalue weighted by atomic mass is 10.2. The van der Waals surface area contributed by atoms with Crippen molar-refractivity contribution >= 4 is 34.3 Å². The number of hydrogen-bond donors (Lipinski definition) is 2. The number of carbonyl (C=O) groups excluding carboxylic acids is 1. The summed E-state index contributed by atoms with van der Waals surface area (Å²) in [4.78, 5) is 12.8. The molecule has 106 valence electrons. The van der Waals surface area contributed by atoms with Crippen LogP contribution in [-0.4, -0.2) is 21.9 Å². The van der Waals surface area contributed by atoms with Gasteiger partial charge in [0.25, 0.3) is 0 Å². The molecule has 0 bridgehead atoms. The lowest BCUT2D eigenvalue weighted by Crippen LogP contribution is -2.13. The molecule has 0 aliphatic carbocycles. The van der Waals surface area contributed by atoms with Crippen molar-refractivity contribution in [2.24, 2.45) is 0 Å². The van der Waals surface area contributed by atoms with Crippen LogP contribution in [-0.2, 0) is 4.79 Å². The Bertz CT molecular complexity index is 770. The standard InChI is InChI=1S/C15H12FN3OS/c16-11-2-5-13(6-3-11)21-9-15(20)18-12-4-1-10-8-17-19-14(10)7-12/h1-8H,9H2,(H,17,19)(H,18,20). The van der Waals surface area contributed by atoms with Crippen LogP contribution in [0.25, 0.3) is 10.9 Å². The Labute approximate surface area is 124 Å². The van der Waals surface area contributed by atoms with Crippen LogP contribution in [0, 0.1) is 5.82 Å². The van der Waals surface area contributed by atoms with Crippen LogP contribution in [0.2, 0.25) is 0 Å². The molecule has 0 radical (unpaired) electrons. The zero-order valence-electron chi connectivity index (χ0n) is 11.0. The molecule has 3 rings (SSSR count). The molecule has 0 atom stereocenters. The van der Waals surface area contributed by atoms with Crippen LogP contribution in [0.1, 0.15) is 0 Å². The number of carbonyl (C=O) groups is 1.